The summed E-state index contributed by atoms with van der Waals surface area (Å²) < 4.78 is 6.17. The Balaban J connectivity index is 1.45. The number of nitrogens with zero attached hydrogens (tertiary/aromatic N) is 2. The van der Waals surface area contributed by atoms with E-state index in [4.69, 9.17) is 10.00 Å². The van der Waals surface area contributed by atoms with E-state index in [2.05, 4.69) is 10.2 Å². The first-order chi connectivity index (χ1) is 17.0. The molecule has 2 heterocycles. The normalized spacial score (nSPS) is 32.3. The van der Waals surface area contributed by atoms with Gasteiger partial charge in [0.05, 0.1) is 16.6 Å². The smallest absolute Gasteiger partial charge is 0.258 e. The molecule has 1 aromatic rings. The number of phenolic OH excluding ortho intramolecular Hbond substituents is 1. The quantitative estimate of drug-likeness (QED) is 0.298. The van der Waals surface area contributed by atoms with Gasteiger partial charge in [0.15, 0.2) is 23.8 Å². The van der Waals surface area contributed by atoms with Crippen molar-refractivity contribution in [3.05, 3.63) is 34.6 Å². The Kier molecular flexibility index (Phi) is 4.73. The second-order valence-corrected chi connectivity index (χ2v) is 11.4. The minimum absolute atomic E-state index is 0.0509. The number of carbonyl (C=O) groups excluding carboxylic acids is 2. The van der Waals surface area contributed by atoms with Gasteiger partial charge in [0.2, 0.25) is 0 Å². The Morgan fingerprint density at radius 1 is 1.31 bits per heavy atom. The fourth-order valence-electron chi connectivity index (χ4n) is 6.99. The Labute approximate surface area is 208 Å². The molecule has 1 saturated heterocycles. The molecular weight excluding hydrogens is 464 g/mol. The number of benzene rings is 1. The third-order valence-electron chi connectivity index (χ3n) is 8.95. The van der Waals surface area contributed by atoms with E-state index < -0.39 is 34.5 Å². The molecule has 4 atom stereocenters. The Morgan fingerprint density at radius 3 is 2.75 bits per heavy atom. The van der Waals surface area contributed by atoms with E-state index in [9.17, 15) is 24.9 Å². The maximum Gasteiger partial charge on any atom is 0.258 e. The van der Waals surface area contributed by atoms with E-state index >= 15 is 0 Å². The lowest BCUT2D eigenvalue weighted by molar-refractivity contribution is -0.172. The number of aliphatic hydroxyl groups is 2. The maximum atomic E-state index is 13.4. The molecule has 10 nitrogen and oxygen atoms in total. The van der Waals surface area contributed by atoms with Gasteiger partial charge in [-0.15, -0.1) is 0 Å². The molecule has 1 spiro atoms. The zero-order chi connectivity index (χ0) is 25.6. The molecule has 190 valence electrons. The van der Waals surface area contributed by atoms with Crippen LogP contribution in [0, 0.1) is 17.4 Å². The van der Waals surface area contributed by atoms with Crippen LogP contribution in [0.3, 0.4) is 0 Å². The zero-order valence-electron chi connectivity index (χ0n) is 20.3. The van der Waals surface area contributed by atoms with Crippen LogP contribution in [-0.4, -0.2) is 68.4 Å². The highest BCUT2D eigenvalue weighted by molar-refractivity contribution is 5.99. The fraction of sp³-hybridized carbons (Fsp3) is 0.577. The number of nitriles is 1. The average Bonchev–Trinajstić information content (AvgIpc) is 3.56. The molecule has 10 heteroatoms. The number of piperidine rings is 1. The van der Waals surface area contributed by atoms with Gasteiger partial charge in [0.1, 0.15) is 11.3 Å². The van der Waals surface area contributed by atoms with Gasteiger partial charge >= 0.3 is 0 Å². The lowest BCUT2D eigenvalue weighted by Gasteiger charge is -2.62. The third kappa shape index (κ3) is 2.90. The van der Waals surface area contributed by atoms with Crippen molar-refractivity contribution in [2.24, 2.45) is 5.92 Å². The molecule has 1 saturated carbocycles. The first-order valence-corrected chi connectivity index (χ1v) is 12.5. The van der Waals surface area contributed by atoms with Crippen LogP contribution >= 0.6 is 0 Å². The number of carbonyl (C=O) groups is 2. The van der Waals surface area contributed by atoms with Gasteiger partial charge in [0.25, 0.3) is 11.8 Å². The molecule has 5 aliphatic rings. The van der Waals surface area contributed by atoms with Crippen molar-refractivity contribution in [1.82, 2.24) is 15.5 Å². The van der Waals surface area contributed by atoms with Crippen LogP contribution in [0.5, 0.6) is 11.5 Å². The van der Waals surface area contributed by atoms with E-state index in [0.29, 0.717) is 25.3 Å². The monoisotopic (exact) mass is 494 g/mol. The second kappa shape index (κ2) is 7.37. The number of aliphatic hydroxyl groups excluding tert-OH is 1. The van der Waals surface area contributed by atoms with Crippen molar-refractivity contribution in [3.8, 4) is 17.7 Å². The van der Waals surface area contributed by atoms with Crippen molar-refractivity contribution in [2.75, 3.05) is 13.1 Å². The number of nitrogens with one attached hydrogen (secondary N) is 2. The highest BCUT2D eigenvalue weighted by Crippen LogP contribution is 2.66. The highest BCUT2D eigenvalue weighted by Gasteiger charge is 2.73. The summed E-state index contributed by atoms with van der Waals surface area (Å²) in [5.74, 6) is -0.918. The molecule has 2 fully saturated rings. The number of rotatable bonds is 5. The van der Waals surface area contributed by atoms with Crippen molar-refractivity contribution in [3.63, 3.8) is 0 Å². The summed E-state index contributed by atoms with van der Waals surface area (Å²) in [5, 5.41) is 48.1. The van der Waals surface area contributed by atoms with Crippen molar-refractivity contribution >= 4 is 11.8 Å². The third-order valence-corrected chi connectivity index (χ3v) is 8.95. The Morgan fingerprint density at radius 2 is 2.06 bits per heavy atom. The molecule has 2 amide bonds. The molecule has 0 unspecified atom stereocenters. The number of amides is 2. The summed E-state index contributed by atoms with van der Waals surface area (Å²) in [4.78, 5) is 28.1. The van der Waals surface area contributed by atoms with Crippen LogP contribution in [0.1, 0.15) is 50.7 Å². The zero-order valence-corrected chi connectivity index (χ0v) is 20.3. The summed E-state index contributed by atoms with van der Waals surface area (Å²) in [6, 6.07) is 3.15. The number of likely N-dealkylation sites (tertiary alicyclic amines) is 1. The second-order valence-electron chi connectivity index (χ2n) is 11.4. The van der Waals surface area contributed by atoms with Gasteiger partial charge in [-0.1, -0.05) is 6.07 Å². The minimum Gasteiger partial charge on any atom is -0.508 e. The lowest BCUT2D eigenvalue weighted by Crippen LogP contribution is -2.76. The van der Waals surface area contributed by atoms with Crippen molar-refractivity contribution in [2.45, 2.75) is 74.7 Å². The van der Waals surface area contributed by atoms with Gasteiger partial charge in [-0.25, -0.2) is 0 Å². The van der Waals surface area contributed by atoms with Crippen LogP contribution in [0.25, 0.3) is 0 Å². The van der Waals surface area contributed by atoms with E-state index in [1.165, 1.54) is 26.7 Å². The minimum atomic E-state index is -1.44. The average molecular weight is 495 g/mol. The molecule has 1 aromatic carbocycles. The van der Waals surface area contributed by atoms with Crippen LogP contribution in [-0.2, 0) is 21.4 Å². The first kappa shape index (κ1) is 23.1. The molecule has 6 rings (SSSR count). The maximum absolute atomic E-state index is 13.4. The number of phenols is 1. The molecule has 2 bridgehead atoms. The highest BCUT2D eigenvalue weighted by atomic mass is 16.5. The molecule has 0 radical (unpaired) electrons. The molecule has 0 aromatic heterocycles. The predicted octanol–water partition coefficient (Wildman–Crippen LogP) is 0.870. The van der Waals surface area contributed by atoms with Crippen molar-refractivity contribution < 1.29 is 29.6 Å². The largest absolute Gasteiger partial charge is 0.508 e. The topological polar surface area (TPSA) is 155 Å². The number of aromatic hydroxyl groups is 1. The van der Waals surface area contributed by atoms with E-state index in [0.717, 1.165) is 17.7 Å². The van der Waals surface area contributed by atoms with Crippen LogP contribution in [0.2, 0.25) is 0 Å². The number of ether oxygens (including phenoxy) is 1. The number of hydrogen-bond acceptors (Lipinski definition) is 8. The summed E-state index contributed by atoms with van der Waals surface area (Å²) in [5.41, 5.74) is -2.21. The summed E-state index contributed by atoms with van der Waals surface area (Å²) in [6.45, 7) is 4.49. The Bertz CT molecular complexity index is 1260. The Hall–Kier alpha value is -3.29. The summed E-state index contributed by atoms with van der Waals surface area (Å²) in [7, 11) is 0. The lowest BCUT2D eigenvalue weighted by atomic mass is 9.49. The van der Waals surface area contributed by atoms with E-state index in [1.54, 1.807) is 12.3 Å². The number of hydrogen-bond donors (Lipinski definition) is 5. The SMILES string of the molecule is CC(C)(NC(=O)C1=C(O)[C@@H]2Oc3c(O)ccc4c3[C@@]23CCN(CC2CC2)[C@H](C4)[C@]3(O)C1)C(=O)NC#N. The molecular formula is C26H30N4O6. The first-order valence-electron chi connectivity index (χ1n) is 12.5. The van der Waals surface area contributed by atoms with Gasteiger partial charge in [-0.05, 0) is 63.6 Å². The van der Waals surface area contributed by atoms with E-state index in [1.807, 2.05) is 11.4 Å². The van der Waals surface area contributed by atoms with Gasteiger partial charge in [-0.2, -0.15) is 5.26 Å². The predicted molar refractivity (Wildman–Crippen MR) is 126 cm³/mol. The van der Waals surface area contributed by atoms with Gasteiger partial charge < -0.3 is 25.4 Å². The standard InChI is InChI=1S/C26H30N4O6/c1-24(2,23(34)28-12-27)29-22(33)15-10-26(35)17-9-14-5-6-16(31)20-18(14)25(26,21(36-20)19(15)32)7-8-30(17)11-13-3-4-13/h5-6,13,17,21,31-32,35H,3-4,7-11H2,1-2H3,(H,28,34)(H,29,33)/t17-,21+,25+,26-/m1/s1. The van der Waals surface area contributed by atoms with Gasteiger partial charge in [-0.3, -0.25) is 19.8 Å². The van der Waals surface area contributed by atoms with Crippen molar-refractivity contribution in [1.29, 1.82) is 5.26 Å². The molecule has 2 aliphatic heterocycles. The van der Waals surface area contributed by atoms with E-state index in [-0.39, 0.29) is 35.3 Å². The van der Waals surface area contributed by atoms with Crippen LogP contribution < -0.4 is 15.4 Å². The molecule has 5 N–H and O–H groups in total. The molecule has 3 aliphatic carbocycles. The summed E-state index contributed by atoms with van der Waals surface area (Å²) in [6.07, 6.45) is 3.78. The fourth-order valence-corrected chi connectivity index (χ4v) is 6.99. The van der Waals surface area contributed by atoms with Gasteiger partial charge in [0, 0.05) is 24.6 Å². The van der Waals surface area contributed by atoms with Crippen LogP contribution in [0.15, 0.2) is 23.5 Å². The molecule has 36 heavy (non-hydrogen) atoms. The van der Waals surface area contributed by atoms with Crippen LogP contribution in [0.4, 0.5) is 0 Å². The summed E-state index contributed by atoms with van der Waals surface area (Å²) >= 11 is 0.